The molecule has 2 amide bonds. The van der Waals surface area contributed by atoms with Gasteiger partial charge in [-0.2, -0.15) is 0 Å². The monoisotopic (exact) mass is 256 g/mol. The average molecular weight is 256 g/mol. The highest BCUT2D eigenvalue weighted by Gasteiger charge is 2.13. The first kappa shape index (κ1) is 13.9. The van der Waals surface area contributed by atoms with Crippen LogP contribution >= 0.6 is 0 Å². The molecule has 0 unspecified atom stereocenters. The Kier molecular flexibility index (Phi) is 5.06. The van der Waals surface area contributed by atoms with Crippen molar-refractivity contribution >= 4 is 12.0 Å². The number of carbonyl (C=O) groups is 2. The molecule has 1 atom stereocenters. The molecule has 1 aromatic rings. The number of amides is 2. The predicted molar refractivity (Wildman–Crippen MR) is 60.3 cm³/mol. The molecule has 98 valence electrons. The van der Waals surface area contributed by atoms with Crippen LogP contribution in [0.4, 0.5) is 9.18 Å². The van der Waals surface area contributed by atoms with Gasteiger partial charge in [0.25, 0.3) is 0 Å². The summed E-state index contributed by atoms with van der Waals surface area (Å²) in [5, 5.41) is 21.8. The van der Waals surface area contributed by atoms with Crippen LogP contribution in [0, 0.1) is 5.82 Å². The van der Waals surface area contributed by atoms with Gasteiger partial charge in [-0.05, 0) is 6.07 Å². The Labute approximate surface area is 102 Å². The molecule has 0 aliphatic rings. The number of carbonyl (C=O) groups excluding carboxylic acids is 1. The Balaban J connectivity index is 2.34. The molecule has 0 heterocycles. The van der Waals surface area contributed by atoms with Crippen molar-refractivity contribution in [3.05, 3.63) is 35.6 Å². The maximum absolute atomic E-state index is 13.2. The third kappa shape index (κ3) is 4.38. The first-order chi connectivity index (χ1) is 8.50. The molecule has 0 fully saturated rings. The van der Waals surface area contributed by atoms with Gasteiger partial charge in [-0.15, -0.1) is 0 Å². The van der Waals surface area contributed by atoms with Crippen molar-refractivity contribution in [2.75, 3.05) is 6.54 Å². The van der Waals surface area contributed by atoms with Crippen LogP contribution in [-0.2, 0) is 11.3 Å². The van der Waals surface area contributed by atoms with E-state index in [9.17, 15) is 14.0 Å². The van der Waals surface area contributed by atoms with E-state index in [-0.39, 0.29) is 6.54 Å². The van der Waals surface area contributed by atoms with Gasteiger partial charge >= 0.3 is 12.0 Å². The second-order valence-corrected chi connectivity index (χ2v) is 3.51. The zero-order valence-electron chi connectivity index (χ0n) is 9.39. The van der Waals surface area contributed by atoms with E-state index in [1.807, 2.05) is 0 Å². The molecule has 18 heavy (non-hydrogen) atoms. The molecule has 0 aliphatic heterocycles. The lowest BCUT2D eigenvalue weighted by Gasteiger charge is -2.09. The molecule has 0 bridgehead atoms. The van der Waals surface area contributed by atoms with Crippen LogP contribution in [0.3, 0.4) is 0 Å². The summed E-state index contributed by atoms with van der Waals surface area (Å²) in [6, 6.07) is 5.26. The van der Waals surface area contributed by atoms with Gasteiger partial charge in [0.05, 0.1) is 6.54 Å². The van der Waals surface area contributed by atoms with Crippen molar-refractivity contribution < 1.29 is 24.2 Å². The van der Waals surface area contributed by atoms with Crippen molar-refractivity contribution in [3.63, 3.8) is 0 Å². The number of hydrogen-bond acceptors (Lipinski definition) is 3. The molecular weight excluding hydrogens is 243 g/mol. The molecule has 0 saturated carbocycles. The van der Waals surface area contributed by atoms with Gasteiger partial charge in [-0.1, -0.05) is 18.2 Å². The highest BCUT2D eigenvalue weighted by atomic mass is 19.1. The molecule has 0 aliphatic carbocycles. The number of nitrogens with one attached hydrogen (secondary N) is 2. The van der Waals surface area contributed by atoms with Gasteiger partial charge in [-0.25, -0.2) is 14.0 Å². The maximum atomic E-state index is 13.2. The SMILES string of the molecule is O=C(NCc1ccccc1F)NC[C@H](O)C(=O)O. The molecule has 0 aromatic heterocycles. The van der Waals surface area contributed by atoms with E-state index in [0.717, 1.165) is 0 Å². The predicted octanol–water partition coefficient (Wildman–Crippen LogP) is 0.0704. The molecule has 0 radical (unpaired) electrons. The van der Waals surface area contributed by atoms with Gasteiger partial charge in [0, 0.05) is 12.1 Å². The quantitative estimate of drug-likeness (QED) is 0.599. The standard InChI is InChI=1S/C11H13FN2O4/c12-8-4-2-1-3-7(8)5-13-11(18)14-6-9(15)10(16)17/h1-4,9,15H,5-6H2,(H,16,17)(H2,13,14,18)/t9-/m0/s1. The molecule has 1 rings (SSSR count). The molecule has 0 saturated heterocycles. The summed E-state index contributed by atoms with van der Waals surface area (Å²) >= 11 is 0. The minimum absolute atomic E-state index is 0.0261. The number of aliphatic hydroxyl groups excluding tert-OH is 1. The number of carboxylic acid groups (broad SMARTS) is 1. The van der Waals surface area contributed by atoms with Crippen LogP contribution in [0.2, 0.25) is 0 Å². The van der Waals surface area contributed by atoms with Gasteiger partial charge in [0.2, 0.25) is 0 Å². The van der Waals surface area contributed by atoms with Gasteiger partial charge in [0.15, 0.2) is 6.10 Å². The van der Waals surface area contributed by atoms with Crippen molar-refractivity contribution in [3.8, 4) is 0 Å². The third-order valence-electron chi connectivity index (χ3n) is 2.14. The molecule has 6 nitrogen and oxygen atoms in total. The Morgan fingerprint density at radius 2 is 1.94 bits per heavy atom. The van der Waals surface area contributed by atoms with E-state index in [2.05, 4.69) is 10.6 Å². The number of urea groups is 1. The summed E-state index contributed by atoms with van der Waals surface area (Å²) in [5.74, 6) is -1.87. The topological polar surface area (TPSA) is 98.7 Å². The summed E-state index contributed by atoms with van der Waals surface area (Å²) in [6.45, 7) is -0.444. The van der Waals surface area contributed by atoms with Crippen LogP contribution in [0.5, 0.6) is 0 Å². The van der Waals surface area contributed by atoms with E-state index in [1.165, 1.54) is 18.2 Å². The Bertz CT molecular complexity index is 439. The van der Waals surface area contributed by atoms with Crippen LogP contribution in [0.25, 0.3) is 0 Å². The van der Waals surface area contributed by atoms with Crippen molar-refractivity contribution in [1.29, 1.82) is 0 Å². The highest BCUT2D eigenvalue weighted by molar-refractivity contribution is 5.76. The molecule has 7 heteroatoms. The van der Waals surface area contributed by atoms with Crippen LogP contribution in [0.15, 0.2) is 24.3 Å². The zero-order valence-corrected chi connectivity index (χ0v) is 9.39. The lowest BCUT2D eigenvalue weighted by atomic mass is 10.2. The highest BCUT2D eigenvalue weighted by Crippen LogP contribution is 2.05. The first-order valence-electron chi connectivity index (χ1n) is 5.16. The molecule has 1 aromatic carbocycles. The van der Waals surface area contributed by atoms with E-state index >= 15 is 0 Å². The molecule has 4 N–H and O–H groups in total. The third-order valence-corrected chi connectivity index (χ3v) is 2.14. The van der Waals surface area contributed by atoms with Crippen molar-refractivity contribution in [2.45, 2.75) is 12.6 Å². The number of aliphatic hydroxyl groups is 1. The summed E-state index contributed by atoms with van der Waals surface area (Å²) in [4.78, 5) is 21.5. The fourth-order valence-electron chi connectivity index (χ4n) is 1.16. The maximum Gasteiger partial charge on any atom is 0.334 e. The largest absolute Gasteiger partial charge is 0.479 e. The van der Waals surface area contributed by atoms with Crippen LogP contribution < -0.4 is 10.6 Å². The van der Waals surface area contributed by atoms with Crippen LogP contribution in [0.1, 0.15) is 5.56 Å². The second-order valence-electron chi connectivity index (χ2n) is 3.51. The van der Waals surface area contributed by atoms with Crippen LogP contribution in [-0.4, -0.2) is 34.9 Å². The van der Waals surface area contributed by atoms with Crippen molar-refractivity contribution in [1.82, 2.24) is 10.6 Å². The summed E-state index contributed by atoms with van der Waals surface area (Å²) in [5.41, 5.74) is 0.312. The van der Waals surface area contributed by atoms with Gasteiger partial charge in [-0.3, -0.25) is 0 Å². The smallest absolute Gasteiger partial charge is 0.334 e. The molecular formula is C11H13FN2O4. The Morgan fingerprint density at radius 1 is 1.28 bits per heavy atom. The van der Waals surface area contributed by atoms with E-state index in [0.29, 0.717) is 5.56 Å². The number of rotatable bonds is 5. The van der Waals surface area contributed by atoms with Gasteiger partial charge < -0.3 is 20.8 Å². The van der Waals surface area contributed by atoms with E-state index in [1.54, 1.807) is 6.07 Å². The Hall–Kier alpha value is -2.15. The second kappa shape index (κ2) is 6.55. The zero-order chi connectivity index (χ0) is 13.5. The minimum atomic E-state index is -1.66. The normalized spacial score (nSPS) is 11.7. The minimum Gasteiger partial charge on any atom is -0.479 e. The fourth-order valence-corrected chi connectivity index (χ4v) is 1.16. The Morgan fingerprint density at radius 3 is 2.56 bits per heavy atom. The molecule has 0 spiro atoms. The number of carboxylic acids is 1. The fraction of sp³-hybridized carbons (Fsp3) is 0.273. The van der Waals surface area contributed by atoms with E-state index in [4.69, 9.17) is 10.2 Å². The first-order valence-corrected chi connectivity index (χ1v) is 5.16. The van der Waals surface area contributed by atoms with Gasteiger partial charge in [0.1, 0.15) is 5.82 Å². The lowest BCUT2D eigenvalue weighted by molar-refractivity contribution is -0.146. The lowest BCUT2D eigenvalue weighted by Crippen LogP contribution is -2.41. The summed E-state index contributed by atoms with van der Waals surface area (Å²) in [6.07, 6.45) is -1.66. The number of benzene rings is 1. The number of halogens is 1. The number of hydrogen-bond donors (Lipinski definition) is 4. The van der Waals surface area contributed by atoms with E-state index < -0.39 is 30.5 Å². The summed E-state index contributed by atoms with van der Waals surface area (Å²) in [7, 11) is 0. The average Bonchev–Trinajstić information content (AvgIpc) is 2.34. The van der Waals surface area contributed by atoms with Crippen molar-refractivity contribution in [2.24, 2.45) is 0 Å². The number of aliphatic carboxylic acids is 1. The summed E-state index contributed by atoms with van der Waals surface area (Å²) < 4.78 is 13.2.